The van der Waals surface area contributed by atoms with E-state index in [0.717, 1.165) is 20.0 Å². The van der Waals surface area contributed by atoms with E-state index in [2.05, 4.69) is 6.92 Å². The van der Waals surface area contributed by atoms with Crippen LogP contribution in [-0.2, 0) is 4.74 Å². The summed E-state index contributed by atoms with van der Waals surface area (Å²) in [7, 11) is 0.872. The minimum atomic E-state index is -0.168. The Morgan fingerprint density at radius 1 is 1.33 bits per heavy atom. The van der Waals surface area contributed by atoms with Gasteiger partial charge < -0.3 is 14.9 Å². The Morgan fingerprint density at radius 3 is 2.42 bits per heavy atom. The molecule has 0 unspecified atom stereocenters. The fourth-order valence-electron chi connectivity index (χ4n) is 1.01. The van der Waals surface area contributed by atoms with E-state index in [4.69, 9.17) is 14.9 Å². The fraction of sp³-hybridized carbons (Fsp3) is 1.00. The summed E-state index contributed by atoms with van der Waals surface area (Å²) in [6, 6.07) is -0.105. The molecule has 2 atom stereocenters. The van der Waals surface area contributed by atoms with Gasteiger partial charge in [0, 0.05) is 0 Å². The van der Waals surface area contributed by atoms with Crippen LogP contribution >= 0.6 is 0 Å². The minimum Gasteiger partial charge on any atom is -0.394 e. The molecule has 0 aliphatic rings. The minimum absolute atomic E-state index is 0.0165. The molecular formula is C8H19BO3. The predicted molar refractivity (Wildman–Crippen MR) is 50.8 cm³/mol. The predicted octanol–water partition coefficient (Wildman–Crippen LogP) is -0.0330. The van der Waals surface area contributed by atoms with Crippen LogP contribution in [0.3, 0.4) is 0 Å². The highest BCUT2D eigenvalue weighted by Gasteiger charge is 2.11. The second-order valence-electron chi connectivity index (χ2n) is 3.08. The number of ether oxygens (including phenoxy) is 1. The van der Waals surface area contributed by atoms with E-state index in [-0.39, 0.29) is 25.3 Å². The zero-order valence-corrected chi connectivity index (χ0v) is 7.99. The molecule has 0 aromatic heterocycles. The molecule has 0 aliphatic heterocycles. The van der Waals surface area contributed by atoms with Gasteiger partial charge in [-0.05, 0) is 6.92 Å². The van der Waals surface area contributed by atoms with Crippen LogP contribution in [0.2, 0.25) is 6.32 Å². The molecule has 72 valence electrons. The number of hydrogen-bond donors (Lipinski definition) is 2. The maximum atomic E-state index is 8.89. The summed E-state index contributed by atoms with van der Waals surface area (Å²) in [5, 5.41) is 17.6. The molecule has 0 aromatic carbocycles. The van der Waals surface area contributed by atoms with E-state index >= 15 is 0 Å². The molecule has 0 saturated carbocycles. The van der Waals surface area contributed by atoms with Gasteiger partial charge in [0.05, 0.1) is 25.3 Å². The van der Waals surface area contributed by atoms with Gasteiger partial charge in [0.15, 0.2) is 7.28 Å². The molecule has 0 aliphatic carbocycles. The highest BCUT2D eigenvalue weighted by molar-refractivity contribution is 6.37. The van der Waals surface area contributed by atoms with Crippen LogP contribution in [0.5, 0.6) is 0 Å². The maximum absolute atomic E-state index is 8.89. The summed E-state index contributed by atoms with van der Waals surface area (Å²) in [6.45, 7) is 3.96. The van der Waals surface area contributed by atoms with Gasteiger partial charge in [-0.1, -0.05) is 19.7 Å². The molecular weight excluding hydrogens is 155 g/mol. The van der Waals surface area contributed by atoms with E-state index in [1.54, 1.807) is 6.92 Å². The molecule has 0 bridgehead atoms. The molecule has 0 amide bonds. The van der Waals surface area contributed by atoms with E-state index in [1.165, 1.54) is 0 Å². The Kier molecular flexibility index (Phi) is 7.55. The van der Waals surface area contributed by atoms with Crippen molar-refractivity contribution >= 4 is 7.28 Å². The van der Waals surface area contributed by atoms with Gasteiger partial charge in [-0.25, -0.2) is 0 Å². The molecule has 0 radical (unpaired) electrons. The summed E-state index contributed by atoms with van der Waals surface area (Å²) in [5.41, 5.74) is 0. The van der Waals surface area contributed by atoms with Crippen molar-refractivity contribution < 1.29 is 14.9 Å². The third-order valence-corrected chi connectivity index (χ3v) is 1.77. The summed E-state index contributed by atoms with van der Waals surface area (Å²) in [6.07, 6.45) is 2.00. The molecule has 0 rings (SSSR count). The lowest BCUT2D eigenvalue weighted by Gasteiger charge is -2.18. The smallest absolute Gasteiger partial charge is 0.160 e. The molecule has 4 heteroatoms. The lowest BCUT2D eigenvalue weighted by atomic mass is 9.67. The van der Waals surface area contributed by atoms with Crippen LogP contribution in [0.15, 0.2) is 0 Å². The first-order chi connectivity index (χ1) is 5.74. The molecule has 0 aromatic rings. The van der Waals surface area contributed by atoms with Crippen molar-refractivity contribution in [2.45, 2.75) is 38.7 Å². The van der Waals surface area contributed by atoms with E-state index in [1.807, 2.05) is 0 Å². The standard InChI is InChI=1S/C8H19BO3/c1-3-4-9-8(6-11)12-7(2)5-10/h7-11H,3-6H2,1-2H3/t7-,8-/m1/s1. The zero-order chi connectivity index (χ0) is 9.40. The molecule has 0 heterocycles. The monoisotopic (exact) mass is 174 g/mol. The molecule has 3 nitrogen and oxygen atoms in total. The van der Waals surface area contributed by atoms with Gasteiger partial charge >= 0.3 is 0 Å². The van der Waals surface area contributed by atoms with Crippen LogP contribution in [0.4, 0.5) is 0 Å². The second-order valence-corrected chi connectivity index (χ2v) is 3.08. The van der Waals surface area contributed by atoms with Crippen LogP contribution in [-0.4, -0.2) is 42.8 Å². The Balaban J connectivity index is 3.51. The zero-order valence-electron chi connectivity index (χ0n) is 7.99. The third kappa shape index (κ3) is 5.58. The Bertz CT molecular complexity index is 100. The second kappa shape index (κ2) is 7.59. The Labute approximate surface area is 75.0 Å². The average Bonchev–Trinajstić information content (AvgIpc) is 2.11. The highest BCUT2D eigenvalue weighted by Crippen LogP contribution is 1.99. The van der Waals surface area contributed by atoms with Crippen molar-refractivity contribution in [1.29, 1.82) is 0 Å². The summed E-state index contributed by atoms with van der Waals surface area (Å²) in [4.78, 5) is 0. The van der Waals surface area contributed by atoms with Gasteiger partial charge in [0.1, 0.15) is 0 Å². The molecule has 0 saturated heterocycles. The lowest BCUT2D eigenvalue weighted by Crippen LogP contribution is -2.30. The summed E-state index contributed by atoms with van der Waals surface area (Å²) < 4.78 is 5.35. The van der Waals surface area contributed by atoms with Gasteiger partial charge in [-0.15, -0.1) is 0 Å². The van der Waals surface area contributed by atoms with Crippen LogP contribution < -0.4 is 0 Å². The van der Waals surface area contributed by atoms with Crippen LogP contribution in [0.1, 0.15) is 20.3 Å². The van der Waals surface area contributed by atoms with Crippen molar-refractivity contribution in [3.05, 3.63) is 0 Å². The molecule has 0 fully saturated rings. The van der Waals surface area contributed by atoms with Gasteiger partial charge in [-0.3, -0.25) is 0 Å². The van der Waals surface area contributed by atoms with Gasteiger partial charge in [0.2, 0.25) is 0 Å². The number of hydrogen-bond acceptors (Lipinski definition) is 3. The number of aliphatic hydroxyl groups excluding tert-OH is 2. The first-order valence-electron chi connectivity index (χ1n) is 4.61. The quantitative estimate of drug-likeness (QED) is 0.532. The fourth-order valence-corrected chi connectivity index (χ4v) is 1.01. The Hall–Kier alpha value is -0.0551. The first-order valence-corrected chi connectivity index (χ1v) is 4.61. The van der Waals surface area contributed by atoms with Crippen molar-refractivity contribution in [2.75, 3.05) is 13.2 Å². The van der Waals surface area contributed by atoms with E-state index in [0.29, 0.717) is 0 Å². The summed E-state index contributed by atoms with van der Waals surface area (Å²) in [5.74, 6) is 0. The highest BCUT2D eigenvalue weighted by atomic mass is 16.5. The van der Waals surface area contributed by atoms with Crippen molar-refractivity contribution in [3.63, 3.8) is 0 Å². The Morgan fingerprint density at radius 2 is 2.00 bits per heavy atom. The maximum Gasteiger partial charge on any atom is 0.160 e. The van der Waals surface area contributed by atoms with E-state index < -0.39 is 0 Å². The number of aliphatic hydroxyl groups is 2. The topological polar surface area (TPSA) is 49.7 Å². The van der Waals surface area contributed by atoms with Crippen molar-refractivity contribution in [3.8, 4) is 0 Å². The lowest BCUT2D eigenvalue weighted by molar-refractivity contribution is -0.0157. The van der Waals surface area contributed by atoms with Gasteiger partial charge in [-0.2, -0.15) is 0 Å². The molecule has 12 heavy (non-hydrogen) atoms. The largest absolute Gasteiger partial charge is 0.394 e. The SMILES string of the molecule is CCCB[C@@H](CO)O[C@H](C)CO. The van der Waals surface area contributed by atoms with Crippen LogP contribution in [0.25, 0.3) is 0 Å². The molecule has 2 N–H and O–H groups in total. The van der Waals surface area contributed by atoms with Crippen LogP contribution in [0, 0.1) is 0 Å². The van der Waals surface area contributed by atoms with Crippen molar-refractivity contribution in [2.24, 2.45) is 0 Å². The summed E-state index contributed by atoms with van der Waals surface area (Å²) >= 11 is 0. The average molecular weight is 174 g/mol. The molecule has 0 spiro atoms. The normalized spacial score (nSPS) is 15.7. The van der Waals surface area contributed by atoms with Gasteiger partial charge in [0.25, 0.3) is 0 Å². The van der Waals surface area contributed by atoms with Crippen molar-refractivity contribution in [1.82, 2.24) is 0 Å². The number of rotatable bonds is 7. The first kappa shape index (κ1) is 11.9. The van der Waals surface area contributed by atoms with E-state index in [9.17, 15) is 0 Å². The third-order valence-electron chi connectivity index (χ3n) is 1.77.